The average molecular weight is 364 g/mol. The van der Waals surface area contributed by atoms with E-state index in [0.29, 0.717) is 33.5 Å². The minimum absolute atomic E-state index is 0.344. The molecule has 4 rings (SSSR count). The Hall–Kier alpha value is -3.61. The van der Waals surface area contributed by atoms with Gasteiger partial charge in [0.2, 0.25) is 0 Å². The number of benzene rings is 2. The monoisotopic (exact) mass is 364 g/mol. The quantitative estimate of drug-likeness (QED) is 0.594. The first-order chi connectivity index (χ1) is 13.0. The normalized spacial score (nSPS) is 10.9. The number of amides is 1. The Balaban J connectivity index is 1.81. The van der Waals surface area contributed by atoms with E-state index in [1.807, 2.05) is 0 Å². The molecule has 0 bridgehead atoms. The molecule has 0 spiro atoms. The molecule has 0 fully saturated rings. The third kappa shape index (κ3) is 3.27. The van der Waals surface area contributed by atoms with Crippen molar-refractivity contribution >= 4 is 22.6 Å². The number of carbonyl (C=O) groups excluding carboxylic acids is 1. The van der Waals surface area contributed by atoms with Crippen molar-refractivity contribution in [1.29, 1.82) is 0 Å². The van der Waals surface area contributed by atoms with Gasteiger partial charge in [0.05, 0.1) is 22.8 Å². The Bertz CT molecular complexity index is 1150. The van der Waals surface area contributed by atoms with E-state index in [2.05, 4.69) is 15.4 Å². The smallest absolute Gasteiger partial charge is 0.256 e. The van der Waals surface area contributed by atoms with Crippen molar-refractivity contribution in [3.8, 4) is 11.3 Å². The van der Waals surface area contributed by atoms with E-state index in [1.165, 1.54) is 36.4 Å². The molecule has 2 aromatic heterocycles. The molecule has 0 aliphatic heterocycles. The second kappa shape index (κ2) is 6.60. The molecule has 7 heteroatoms. The Morgan fingerprint density at radius 3 is 2.56 bits per heavy atom. The number of aromatic nitrogens is 3. The summed E-state index contributed by atoms with van der Waals surface area (Å²) in [5.41, 5.74) is 2.31. The summed E-state index contributed by atoms with van der Waals surface area (Å²) in [4.78, 5) is 17.3. The fraction of sp³-hybridized carbons (Fsp3) is 0.0500. The Labute approximate surface area is 153 Å². The topological polar surface area (TPSA) is 59.8 Å². The maximum Gasteiger partial charge on any atom is 0.256 e. The highest BCUT2D eigenvalue weighted by molar-refractivity contribution is 6.12. The van der Waals surface area contributed by atoms with Gasteiger partial charge in [-0.3, -0.25) is 9.48 Å². The van der Waals surface area contributed by atoms with Crippen LogP contribution in [0.4, 0.5) is 14.5 Å². The number of fused-ring (bicyclic) bond motifs is 1. The third-order valence-corrected chi connectivity index (χ3v) is 4.17. The van der Waals surface area contributed by atoms with Crippen LogP contribution in [-0.2, 0) is 7.05 Å². The first kappa shape index (κ1) is 16.8. The highest BCUT2D eigenvalue weighted by Gasteiger charge is 2.17. The van der Waals surface area contributed by atoms with Gasteiger partial charge in [0.15, 0.2) is 5.65 Å². The molecule has 0 atom stereocenters. The van der Waals surface area contributed by atoms with Crippen molar-refractivity contribution in [3.63, 3.8) is 0 Å². The lowest BCUT2D eigenvalue weighted by Crippen LogP contribution is -2.13. The second-order valence-electron chi connectivity index (χ2n) is 6.03. The van der Waals surface area contributed by atoms with Crippen LogP contribution < -0.4 is 5.32 Å². The maximum absolute atomic E-state index is 13.6. The SMILES string of the molecule is Cn1ncc2c(C(=O)Nc3ccc(F)cc3)cc(-c3cccc(F)c3)nc21. The number of pyridine rings is 1. The first-order valence-electron chi connectivity index (χ1n) is 8.17. The van der Waals surface area contributed by atoms with Gasteiger partial charge in [0, 0.05) is 18.3 Å². The van der Waals surface area contributed by atoms with Gasteiger partial charge in [-0.15, -0.1) is 0 Å². The first-order valence-corrected chi connectivity index (χ1v) is 8.17. The summed E-state index contributed by atoms with van der Waals surface area (Å²) in [5.74, 6) is -1.17. The zero-order valence-corrected chi connectivity index (χ0v) is 14.3. The van der Waals surface area contributed by atoms with Crippen LogP contribution >= 0.6 is 0 Å². The standard InChI is InChI=1S/C20H14F2N4O/c1-26-19-17(11-23-26)16(20(27)24-15-7-5-13(21)6-8-15)10-18(25-19)12-3-2-4-14(22)9-12/h2-11H,1H3,(H,24,27). The molecule has 2 aromatic carbocycles. The van der Waals surface area contributed by atoms with Gasteiger partial charge < -0.3 is 5.32 Å². The van der Waals surface area contributed by atoms with Crippen molar-refractivity contribution in [2.45, 2.75) is 0 Å². The number of anilines is 1. The summed E-state index contributed by atoms with van der Waals surface area (Å²) >= 11 is 0. The molecule has 2 heterocycles. The molecule has 4 aromatic rings. The van der Waals surface area contributed by atoms with E-state index >= 15 is 0 Å². The zero-order chi connectivity index (χ0) is 19.0. The number of rotatable bonds is 3. The number of hydrogen-bond acceptors (Lipinski definition) is 3. The lowest BCUT2D eigenvalue weighted by Gasteiger charge is -2.09. The summed E-state index contributed by atoms with van der Waals surface area (Å²) in [7, 11) is 1.71. The molecule has 0 aliphatic rings. The Kier molecular flexibility index (Phi) is 4.12. The predicted octanol–water partition coefficient (Wildman–Crippen LogP) is 4.17. The van der Waals surface area contributed by atoms with Crippen molar-refractivity contribution in [1.82, 2.24) is 14.8 Å². The van der Waals surface area contributed by atoms with E-state index in [0.717, 1.165) is 0 Å². The lowest BCUT2D eigenvalue weighted by atomic mass is 10.1. The van der Waals surface area contributed by atoms with E-state index in [1.54, 1.807) is 36.1 Å². The molecule has 0 saturated carbocycles. The zero-order valence-electron chi connectivity index (χ0n) is 14.3. The highest BCUT2D eigenvalue weighted by Crippen LogP contribution is 2.26. The summed E-state index contributed by atoms with van der Waals surface area (Å²) in [5, 5.41) is 7.46. The van der Waals surface area contributed by atoms with Gasteiger partial charge in [-0.2, -0.15) is 5.10 Å². The van der Waals surface area contributed by atoms with Gasteiger partial charge in [0.25, 0.3) is 5.91 Å². The number of aryl methyl sites for hydroxylation is 1. The van der Waals surface area contributed by atoms with Crippen LogP contribution in [-0.4, -0.2) is 20.7 Å². The molecule has 1 amide bonds. The minimum atomic E-state index is -0.392. The summed E-state index contributed by atoms with van der Waals surface area (Å²) in [6.45, 7) is 0. The average Bonchev–Trinajstić information content (AvgIpc) is 3.04. The van der Waals surface area contributed by atoms with Crippen LogP contribution in [0.3, 0.4) is 0 Å². The second-order valence-corrected chi connectivity index (χ2v) is 6.03. The number of hydrogen-bond donors (Lipinski definition) is 1. The highest BCUT2D eigenvalue weighted by atomic mass is 19.1. The number of nitrogens with one attached hydrogen (secondary N) is 1. The molecular weight excluding hydrogens is 350 g/mol. The van der Waals surface area contributed by atoms with Crippen molar-refractivity contribution in [2.75, 3.05) is 5.32 Å². The van der Waals surface area contributed by atoms with Crippen molar-refractivity contribution in [2.24, 2.45) is 7.05 Å². The molecule has 5 nitrogen and oxygen atoms in total. The minimum Gasteiger partial charge on any atom is -0.322 e. The summed E-state index contributed by atoms with van der Waals surface area (Å²) < 4.78 is 28.2. The Morgan fingerprint density at radius 2 is 1.81 bits per heavy atom. The van der Waals surface area contributed by atoms with Gasteiger partial charge in [-0.05, 0) is 42.5 Å². The largest absolute Gasteiger partial charge is 0.322 e. The van der Waals surface area contributed by atoms with Gasteiger partial charge in [-0.25, -0.2) is 13.8 Å². The van der Waals surface area contributed by atoms with E-state index in [4.69, 9.17) is 0 Å². The fourth-order valence-corrected chi connectivity index (χ4v) is 2.83. The van der Waals surface area contributed by atoms with Gasteiger partial charge in [-0.1, -0.05) is 12.1 Å². The molecular formula is C20H14F2N4O. The number of halogens is 2. The molecule has 0 aliphatic carbocycles. The van der Waals surface area contributed by atoms with Crippen LogP contribution in [0.2, 0.25) is 0 Å². The fourth-order valence-electron chi connectivity index (χ4n) is 2.83. The van der Waals surface area contributed by atoms with E-state index in [9.17, 15) is 13.6 Å². The van der Waals surface area contributed by atoms with Crippen LogP contribution in [0.25, 0.3) is 22.3 Å². The van der Waals surface area contributed by atoms with Crippen molar-refractivity contribution in [3.05, 3.63) is 78.0 Å². The molecule has 0 unspecified atom stereocenters. The van der Waals surface area contributed by atoms with Crippen LogP contribution in [0.5, 0.6) is 0 Å². The summed E-state index contributed by atoms with van der Waals surface area (Å²) in [6.07, 6.45) is 1.55. The number of nitrogens with zero attached hydrogens (tertiary/aromatic N) is 3. The van der Waals surface area contributed by atoms with E-state index in [-0.39, 0.29) is 11.7 Å². The Morgan fingerprint density at radius 1 is 1.04 bits per heavy atom. The van der Waals surface area contributed by atoms with Crippen LogP contribution in [0.15, 0.2) is 60.8 Å². The number of carbonyl (C=O) groups is 1. The molecule has 1 N–H and O–H groups in total. The maximum atomic E-state index is 13.6. The lowest BCUT2D eigenvalue weighted by molar-refractivity contribution is 0.102. The predicted molar refractivity (Wildman–Crippen MR) is 98.3 cm³/mol. The molecule has 0 saturated heterocycles. The summed E-state index contributed by atoms with van der Waals surface area (Å²) in [6, 6.07) is 13.1. The molecule has 134 valence electrons. The van der Waals surface area contributed by atoms with Crippen LogP contribution in [0, 0.1) is 11.6 Å². The van der Waals surface area contributed by atoms with Gasteiger partial charge >= 0.3 is 0 Å². The van der Waals surface area contributed by atoms with E-state index < -0.39 is 5.82 Å². The van der Waals surface area contributed by atoms with Crippen LogP contribution in [0.1, 0.15) is 10.4 Å². The van der Waals surface area contributed by atoms with Crippen molar-refractivity contribution < 1.29 is 13.6 Å². The molecule has 27 heavy (non-hydrogen) atoms. The molecule has 0 radical (unpaired) electrons. The third-order valence-electron chi connectivity index (χ3n) is 4.17. The van der Waals surface area contributed by atoms with Gasteiger partial charge in [0.1, 0.15) is 11.6 Å².